The van der Waals surface area contributed by atoms with E-state index in [1.165, 1.54) is 24.3 Å². The Morgan fingerprint density at radius 1 is 0.864 bits per heavy atom. The molecule has 1 atom stereocenters. The van der Waals surface area contributed by atoms with Crippen LogP contribution in [0.15, 0.2) is 60.7 Å². The van der Waals surface area contributed by atoms with Crippen molar-refractivity contribution in [2.24, 2.45) is 0 Å². The lowest BCUT2D eigenvalue weighted by atomic mass is 9.93. The Morgan fingerprint density at radius 2 is 1.32 bits per heavy atom. The lowest BCUT2D eigenvalue weighted by Gasteiger charge is -2.31. The van der Waals surface area contributed by atoms with E-state index < -0.39 is 20.1 Å². The van der Waals surface area contributed by atoms with Gasteiger partial charge in [-0.2, -0.15) is 13.2 Å². The first-order chi connectivity index (χ1) is 10.2. The maximum Gasteiger partial charge on any atom is 0.498 e. The third kappa shape index (κ3) is 2.88. The quantitative estimate of drug-likeness (QED) is 0.847. The number of halogens is 3. The lowest BCUT2D eigenvalue weighted by Crippen LogP contribution is -2.43. The second-order valence-corrected chi connectivity index (χ2v) is 7.58. The van der Waals surface area contributed by atoms with Gasteiger partial charge in [0.2, 0.25) is 0 Å². The molecule has 1 unspecified atom stereocenters. The van der Waals surface area contributed by atoms with Gasteiger partial charge < -0.3 is 0 Å². The smallest absolute Gasteiger partial charge is 0.219 e. The Bertz CT molecular complexity index is 725. The molecule has 0 fully saturated rings. The number of rotatable bonds is 4. The highest BCUT2D eigenvalue weighted by Crippen LogP contribution is 2.42. The number of hydrogen-bond donors (Lipinski definition) is 0. The molecule has 0 heterocycles. The van der Waals surface area contributed by atoms with Crippen LogP contribution in [0, 0.1) is 0 Å². The molecule has 0 spiro atoms. The van der Waals surface area contributed by atoms with Crippen molar-refractivity contribution in [3.05, 3.63) is 71.8 Å². The van der Waals surface area contributed by atoms with Crippen molar-refractivity contribution in [3.8, 4) is 0 Å². The van der Waals surface area contributed by atoms with Gasteiger partial charge in [-0.1, -0.05) is 60.7 Å². The highest BCUT2D eigenvalue weighted by molar-refractivity contribution is 7.93. The second-order valence-electron chi connectivity index (χ2n) is 5.21. The molecule has 0 aliphatic heterocycles. The molecule has 0 N–H and O–H groups in total. The standard InChI is InChI=1S/C16H15F3O2S/c1-15(14-10-6-3-7-11-14,22(20,21)16(17,18)19)12-13-8-4-2-5-9-13/h2-11H,12H2,1H3. The highest BCUT2D eigenvalue weighted by atomic mass is 32.2. The first-order valence-corrected chi connectivity index (χ1v) is 8.07. The molecule has 2 nitrogen and oxygen atoms in total. The van der Waals surface area contributed by atoms with E-state index in [2.05, 4.69) is 0 Å². The molecule has 2 aromatic rings. The van der Waals surface area contributed by atoms with Crippen LogP contribution in [-0.2, 0) is 21.0 Å². The van der Waals surface area contributed by atoms with Crippen molar-refractivity contribution in [2.45, 2.75) is 23.6 Å². The summed E-state index contributed by atoms with van der Waals surface area (Å²) in [5.74, 6) is 0. The summed E-state index contributed by atoms with van der Waals surface area (Å²) in [5, 5.41) is 0. The van der Waals surface area contributed by atoms with Gasteiger partial charge in [-0.15, -0.1) is 0 Å². The molecule has 0 aliphatic rings. The predicted octanol–water partition coefficient (Wildman–Crippen LogP) is 4.08. The number of hydrogen-bond acceptors (Lipinski definition) is 2. The fourth-order valence-corrected chi connectivity index (χ4v) is 3.70. The second kappa shape index (κ2) is 5.76. The van der Waals surface area contributed by atoms with E-state index in [1.54, 1.807) is 36.4 Å². The van der Waals surface area contributed by atoms with Gasteiger partial charge in [-0.05, 0) is 24.5 Å². The van der Waals surface area contributed by atoms with Gasteiger partial charge in [0.1, 0.15) is 4.75 Å². The largest absolute Gasteiger partial charge is 0.498 e. The molecule has 118 valence electrons. The molecule has 2 rings (SSSR count). The zero-order valence-corrected chi connectivity index (χ0v) is 12.7. The molecule has 0 aliphatic carbocycles. The molecule has 0 amide bonds. The van der Waals surface area contributed by atoms with Crippen LogP contribution in [0.1, 0.15) is 18.1 Å². The summed E-state index contributed by atoms with van der Waals surface area (Å²) in [5.41, 5.74) is -4.66. The minimum absolute atomic E-state index is 0.121. The van der Waals surface area contributed by atoms with Crippen LogP contribution in [0.25, 0.3) is 0 Å². The minimum atomic E-state index is -5.39. The van der Waals surface area contributed by atoms with Crippen LogP contribution in [0.3, 0.4) is 0 Å². The Labute approximate surface area is 127 Å². The zero-order chi connectivity index (χ0) is 16.4. The predicted molar refractivity (Wildman–Crippen MR) is 78.9 cm³/mol. The molecule has 0 saturated carbocycles. The van der Waals surface area contributed by atoms with E-state index in [9.17, 15) is 21.6 Å². The monoisotopic (exact) mass is 328 g/mol. The number of alkyl halides is 3. The van der Waals surface area contributed by atoms with Crippen molar-refractivity contribution in [3.63, 3.8) is 0 Å². The van der Waals surface area contributed by atoms with Crippen LogP contribution >= 0.6 is 0 Å². The summed E-state index contributed by atoms with van der Waals surface area (Å²) in [4.78, 5) is 0. The van der Waals surface area contributed by atoms with Gasteiger partial charge in [-0.25, -0.2) is 8.42 Å². The third-order valence-corrected chi connectivity index (χ3v) is 5.84. The van der Waals surface area contributed by atoms with Crippen LogP contribution in [0.5, 0.6) is 0 Å². The summed E-state index contributed by atoms with van der Waals surface area (Å²) in [7, 11) is -5.39. The van der Waals surface area contributed by atoms with Crippen molar-refractivity contribution < 1.29 is 21.6 Å². The molecular weight excluding hydrogens is 313 g/mol. The Balaban J connectivity index is 2.61. The van der Waals surface area contributed by atoms with Crippen LogP contribution in [0.4, 0.5) is 13.2 Å². The summed E-state index contributed by atoms with van der Waals surface area (Å²) >= 11 is 0. The number of benzene rings is 2. The molecule has 0 saturated heterocycles. The Kier molecular flexibility index (Phi) is 4.33. The van der Waals surface area contributed by atoms with Crippen molar-refractivity contribution in [1.82, 2.24) is 0 Å². The van der Waals surface area contributed by atoms with E-state index in [-0.39, 0.29) is 12.0 Å². The maximum atomic E-state index is 13.1. The van der Waals surface area contributed by atoms with E-state index in [0.717, 1.165) is 6.92 Å². The lowest BCUT2D eigenvalue weighted by molar-refractivity contribution is -0.0459. The molecular formula is C16H15F3O2S. The van der Waals surface area contributed by atoms with Gasteiger partial charge in [0, 0.05) is 0 Å². The highest BCUT2D eigenvalue weighted by Gasteiger charge is 2.57. The van der Waals surface area contributed by atoms with Gasteiger partial charge >= 0.3 is 5.51 Å². The van der Waals surface area contributed by atoms with Gasteiger partial charge in [-0.3, -0.25) is 0 Å². The SMILES string of the molecule is CC(Cc1ccccc1)(c1ccccc1)S(=O)(=O)C(F)(F)F. The summed E-state index contributed by atoms with van der Waals surface area (Å²) in [6.45, 7) is 1.12. The fourth-order valence-electron chi connectivity index (χ4n) is 2.38. The van der Waals surface area contributed by atoms with Gasteiger partial charge in [0.15, 0.2) is 0 Å². The topological polar surface area (TPSA) is 34.1 Å². The summed E-state index contributed by atoms with van der Waals surface area (Å²) in [6, 6.07) is 15.8. The molecule has 6 heteroatoms. The average molecular weight is 328 g/mol. The normalized spacial score (nSPS) is 15.3. The molecule has 22 heavy (non-hydrogen) atoms. The Hall–Kier alpha value is -1.82. The molecule has 0 aromatic heterocycles. The summed E-state index contributed by atoms with van der Waals surface area (Å²) < 4.78 is 61.6. The van der Waals surface area contributed by atoms with Crippen molar-refractivity contribution in [2.75, 3.05) is 0 Å². The first-order valence-electron chi connectivity index (χ1n) is 6.59. The molecule has 0 bridgehead atoms. The van der Waals surface area contributed by atoms with Gasteiger partial charge in [0.05, 0.1) is 0 Å². The third-order valence-electron chi connectivity index (χ3n) is 3.67. The van der Waals surface area contributed by atoms with Crippen LogP contribution in [-0.4, -0.2) is 13.9 Å². The van der Waals surface area contributed by atoms with Crippen molar-refractivity contribution in [1.29, 1.82) is 0 Å². The van der Waals surface area contributed by atoms with Gasteiger partial charge in [0.25, 0.3) is 9.84 Å². The van der Waals surface area contributed by atoms with E-state index in [1.807, 2.05) is 0 Å². The minimum Gasteiger partial charge on any atom is -0.219 e. The summed E-state index contributed by atoms with van der Waals surface area (Å²) in [6.07, 6.45) is -0.250. The maximum absolute atomic E-state index is 13.1. The van der Waals surface area contributed by atoms with E-state index >= 15 is 0 Å². The van der Waals surface area contributed by atoms with Crippen molar-refractivity contribution >= 4 is 9.84 Å². The van der Waals surface area contributed by atoms with E-state index in [4.69, 9.17) is 0 Å². The fraction of sp³-hybridized carbons (Fsp3) is 0.250. The number of sulfone groups is 1. The van der Waals surface area contributed by atoms with E-state index in [0.29, 0.717) is 5.56 Å². The van der Waals surface area contributed by atoms with Crippen LogP contribution < -0.4 is 0 Å². The molecule has 0 radical (unpaired) electrons. The molecule has 2 aromatic carbocycles. The van der Waals surface area contributed by atoms with Crippen LogP contribution in [0.2, 0.25) is 0 Å². The Morgan fingerprint density at radius 3 is 1.77 bits per heavy atom. The average Bonchev–Trinajstić information content (AvgIpc) is 2.48. The first kappa shape index (κ1) is 16.5. The zero-order valence-electron chi connectivity index (χ0n) is 11.8.